The summed E-state index contributed by atoms with van der Waals surface area (Å²) in [5.41, 5.74) is 5.79. The molecule has 15 nitrogen and oxygen atoms in total. The van der Waals surface area contributed by atoms with Crippen LogP contribution in [-0.2, 0) is 27.3 Å². The summed E-state index contributed by atoms with van der Waals surface area (Å²) in [5, 5.41) is 44.9. The summed E-state index contributed by atoms with van der Waals surface area (Å²) in [4.78, 5) is 48.3. The lowest BCUT2D eigenvalue weighted by molar-refractivity contribution is -0.254. The molecule has 6 atom stereocenters. The van der Waals surface area contributed by atoms with Gasteiger partial charge in [-0.1, -0.05) is 30.3 Å². The van der Waals surface area contributed by atoms with Gasteiger partial charge in [0, 0.05) is 6.42 Å². The number of hydrogen-bond acceptors (Lipinski definition) is 11. The van der Waals surface area contributed by atoms with E-state index in [2.05, 4.69) is 25.6 Å². The van der Waals surface area contributed by atoms with Crippen LogP contribution in [0.25, 0.3) is 11.2 Å². The maximum atomic E-state index is 13.2. The fourth-order valence-electron chi connectivity index (χ4n) is 4.06. The first kappa shape index (κ1) is 26.2. The SMILES string of the molecule is Nc1nc2c(ncn2CC(=O)NC(Cc2ccccc2)C(=O)NC2C(O)OC(CO)C(O)C2O)c(=O)[nH]1. The van der Waals surface area contributed by atoms with E-state index in [1.54, 1.807) is 30.3 Å². The number of nitrogen functional groups attached to an aromatic ring is 1. The monoisotopic (exact) mass is 517 g/mol. The quantitative estimate of drug-likeness (QED) is 0.145. The number of H-pyrrole nitrogens is 1. The highest BCUT2D eigenvalue weighted by atomic mass is 16.6. The number of carbonyl (C=O) groups excluding carboxylic acids is 2. The van der Waals surface area contributed by atoms with Crippen LogP contribution in [0.1, 0.15) is 5.56 Å². The van der Waals surface area contributed by atoms with Gasteiger partial charge in [0.1, 0.15) is 36.9 Å². The molecule has 3 aromatic rings. The molecule has 2 aromatic heterocycles. The van der Waals surface area contributed by atoms with Crippen molar-refractivity contribution in [2.24, 2.45) is 0 Å². The molecule has 9 N–H and O–H groups in total. The van der Waals surface area contributed by atoms with Gasteiger partial charge in [0.15, 0.2) is 17.5 Å². The second-order valence-corrected chi connectivity index (χ2v) is 8.57. The lowest BCUT2D eigenvalue weighted by atomic mass is 9.96. The molecular formula is C22H27N7O8. The fourth-order valence-corrected chi connectivity index (χ4v) is 4.06. The third-order valence-electron chi connectivity index (χ3n) is 5.95. The van der Waals surface area contributed by atoms with Gasteiger partial charge in [0.05, 0.1) is 12.9 Å². The van der Waals surface area contributed by atoms with Crippen LogP contribution in [0.15, 0.2) is 41.5 Å². The maximum absolute atomic E-state index is 13.2. The number of aromatic nitrogens is 4. The van der Waals surface area contributed by atoms with Crippen molar-refractivity contribution in [2.45, 2.75) is 49.7 Å². The molecule has 4 rings (SSSR count). The first-order valence-electron chi connectivity index (χ1n) is 11.3. The Hall–Kier alpha value is -3.89. The van der Waals surface area contributed by atoms with Gasteiger partial charge in [-0.3, -0.25) is 19.4 Å². The van der Waals surface area contributed by atoms with Crippen molar-refractivity contribution < 1.29 is 34.8 Å². The molecule has 0 spiro atoms. The van der Waals surface area contributed by atoms with Gasteiger partial charge in [-0.2, -0.15) is 4.98 Å². The Morgan fingerprint density at radius 1 is 1.19 bits per heavy atom. The highest BCUT2D eigenvalue weighted by molar-refractivity contribution is 5.88. The van der Waals surface area contributed by atoms with Gasteiger partial charge < -0.3 is 46.1 Å². The molecule has 15 heteroatoms. The third-order valence-corrected chi connectivity index (χ3v) is 5.95. The number of rotatable bonds is 8. The minimum atomic E-state index is -1.72. The van der Waals surface area contributed by atoms with E-state index in [9.17, 15) is 34.8 Å². The van der Waals surface area contributed by atoms with E-state index in [0.717, 1.165) is 0 Å². The Labute approximate surface area is 208 Å². The number of nitrogens with zero attached hydrogens (tertiary/aromatic N) is 3. The van der Waals surface area contributed by atoms with Crippen molar-refractivity contribution in [3.63, 3.8) is 0 Å². The fraction of sp³-hybridized carbons (Fsp3) is 0.409. The predicted molar refractivity (Wildman–Crippen MR) is 127 cm³/mol. The average molecular weight is 517 g/mol. The number of aliphatic hydroxyl groups excluding tert-OH is 4. The molecule has 1 aromatic carbocycles. The van der Waals surface area contributed by atoms with Gasteiger partial charge in [-0.15, -0.1) is 0 Å². The summed E-state index contributed by atoms with van der Waals surface area (Å²) in [5.74, 6) is -1.55. The van der Waals surface area contributed by atoms with Crippen LogP contribution >= 0.6 is 0 Å². The average Bonchev–Trinajstić information content (AvgIpc) is 3.26. The van der Waals surface area contributed by atoms with Crippen molar-refractivity contribution >= 4 is 28.9 Å². The maximum Gasteiger partial charge on any atom is 0.280 e. The Morgan fingerprint density at radius 2 is 1.92 bits per heavy atom. The van der Waals surface area contributed by atoms with E-state index in [-0.39, 0.29) is 30.1 Å². The molecule has 0 saturated carbocycles. The molecule has 1 fully saturated rings. The topological polar surface area (TPSA) is 238 Å². The normalized spacial score (nSPS) is 24.5. The van der Waals surface area contributed by atoms with Gasteiger partial charge in [0.2, 0.25) is 17.8 Å². The van der Waals surface area contributed by atoms with Crippen molar-refractivity contribution in [3.8, 4) is 0 Å². The van der Waals surface area contributed by atoms with E-state index in [4.69, 9.17) is 10.5 Å². The number of amides is 2. The van der Waals surface area contributed by atoms with E-state index in [1.165, 1.54) is 10.9 Å². The summed E-state index contributed by atoms with van der Waals surface area (Å²) in [6.45, 7) is -1.00. The zero-order valence-corrected chi connectivity index (χ0v) is 19.4. The molecule has 0 radical (unpaired) electrons. The summed E-state index contributed by atoms with van der Waals surface area (Å²) in [6.07, 6.45) is -4.89. The van der Waals surface area contributed by atoms with Crippen molar-refractivity contribution in [2.75, 3.05) is 12.3 Å². The molecule has 3 heterocycles. The summed E-state index contributed by atoms with van der Waals surface area (Å²) in [6, 6.07) is 6.19. The molecule has 0 bridgehead atoms. The number of imidazole rings is 1. The number of hydrogen-bond donors (Lipinski definition) is 8. The zero-order chi connectivity index (χ0) is 26.7. The van der Waals surface area contributed by atoms with Crippen LogP contribution in [0.3, 0.4) is 0 Å². The number of benzene rings is 1. The van der Waals surface area contributed by atoms with Crippen LogP contribution in [0.2, 0.25) is 0 Å². The highest BCUT2D eigenvalue weighted by Crippen LogP contribution is 2.20. The Balaban J connectivity index is 1.51. The number of ether oxygens (including phenoxy) is 1. The highest BCUT2D eigenvalue weighted by Gasteiger charge is 2.44. The van der Waals surface area contributed by atoms with Crippen molar-refractivity contribution in [1.29, 1.82) is 0 Å². The molecule has 1 saturated heterocycles. The number of aromatic amines is 1. The van der Waals surface area contributed by atoms with Crippen molar-refractivity contribution in [3.05, 3.63) is 52.6 Å². The zero-order valence-electron chi connectivity index (χ0n) is 19.4. The van der Waals surface area contributed by atoms with E-state index in [0.29, 0.717) is 5.56 Å². The number of anilines is 1. The molecule has 1 aliphatic rings. The third kappa shape index (κ3) is 5.76. The molecule has 198 valence electrons. The van der Waals surface area contributed by atoms with Crippen LogP contribution in [0, 0.1) is 0 Å². The number of fused-ring (bicyclic) bond motifs is 1. The van der Waals surface area contributed by atoms with Gasteiger partial charge in [-0.05, 0) is 5.56 Å². The second-order valence-electron chi connectivity index (χ2n) is 8.57. The van der Waals surface area contributed by atoms with Crippen molar-refractivity contribution in [1.82, 2.24) is 30.2 Å². The van der Waals surface area contributed by atoms with Crippen LogP contribution in [-0.4, -0.2) is 95.1 Å². The van der Waals surface area contributed by atoms with E-state index < -0.39 is 60.7 Å². The van der Waals surface area contributed by atoms with Gasteiger partial charge >= 0.3 is 0 Å². The lowest BCUT2D eigenvalue weighted by Crippen LogP contribution is -2.65. The smallest absolute Gasteiger partial charge is 0.280 e. The first-order chi connectivity index (χ1) is 17.7. The van der Waals surface area contributed by atoms with Crippen LogP contribution < -0.4 is 21.9 Å². The minimum Gasteiger partial charge on any atom is -0.394 e. The summed E-state index contributed by atoms with van der Waals surface area (Å²) in [7, 11) is 0. The van der Waals surface area contributed by atoms with Crippen LogP contribution in [0.5, 0.6) is 0 Å². The van der Waals surface area contributed by atoms with E-state index >= 15 is 0 Å². The van der Waals surface area contributed by atoms with Crippen LogP contribution in [0.4, 0.5) is 5.95 Å². The predicted octanol–water partition coefficient (Wildman–Crippen LogP) is -3.65. The number of nitrogens with one attached hydrogen (secondary N) is 3. The first-order valence-corrected chi connectivity index (χ1v) is 11.3. The standard InChI is InChI=1S/C22H27N7O8/c23-22-27-18-15(20(35)28-22)24-9-29(18)7-13(31)25-11(6-10-4-2-1-3-5-10)19(34)26-14-17(33)16(32)12(8-30)37-21(14)36/h1-5,9,11-12,14,16-17,21,30,32-33,36H,6-8H2,(H,25,31)(H,26,34)(H3,23,27,28,35). The molecule has 2 amide bonds. The van der Waals surface area contributed by atoms with E-state index in [1.807, 2.05) is 0 Å². The molecular weight excluding hydrogens is 490 g/mol. The Morgan fingerprint density at radius 3 is 2.62 bits per heavy atom. The summed E-state index contributed by atoms with van der Waals surface area (Å²) >= 11 is 0. The molecule has 1 aliphatic heterocycles. The Kier molecular flexibility index (Phi) is 7.80. The number of nitrogens with two attached hydrogens (primary N) is 1. The molecule has 37 heavy (non-hydrogen) atoms. The lowest BCUT2D eigenvalue weighted by Gasteiger charge is -2.40. The molecule has 0 aliphatic carbocycles. The van der Waals surface area contributed by atoms with Gasteiger partial charge in [-0.25, -0.2) is 4.98 Å². The minimum absolute atomic E-state index is 0.0133. The number of carbonyl (C=O) groups is 2. The van der Waals surface area contributed by atoms with Gasteiger partial charge in [0.25, 0.3) is 5.56 Å². The Bertz CT molecular complexity index is 1310. The molecule has 6 unspecified atom stereocenters. The summed E-state index contributed by atoms with van der Waals surface area (Å²) < 4.78 is 6.37. The largest absolute Gasteiger partial charge is 0.394 e. The number of aliphatic hydroxyl groups is 4. The second kappa shape index (κ2) is 11.0.